The number of aliphatic carboxylic acids is 1. The fraction of sp³-hybridized carbons (Fsp3) is 0.554. The van der Waals surface area contributed by atoms with Crippen molar-refractivity contribution in [2.45, 2.75) is 154 Å². The molecule has 0 aliphatic carbocycles. The molecule has 11 atom stereocenters. The Morgan fingerprint density at radius 1 is 0.632 bits per heavy atom. The van der Waals surface area contributed by atoms with Gasteiger partial charge in [0, 0.05) is 44.4 Å². The lowest BCUT2D eigenvalue weighted by atomic mass is 9.96. The molecule has 0 spiro atoms. The molecule has 31 heteroatoms. The van der Waals surface area contributed by atoms with Crippen LogP contribution in [0, 0.1) is 11.8 Å². The zero-order valence-electron chi connectivity index (χ0n) is 50.2. The van der Waals surface area contributed by atoms with Gasteiger partial charge in [-0.15, -0.1) is 0 Å². The molecule has 1 aromatic heterocycles. The van der Waals surface area contributed by atoms with Gasteiger partial charge in [-0.05, 0) is 74.6 Å². The highest BCUT2D eigenvalue weighted by molar-refractivity contribution is 5.99. The number of aromatic nitrogens is 2. The van der Waals surface area contributed by atoms with E-state index in [9.17, 15) is 63.3 Å². The smallest absolute Gasteiger partial charge is 0.323 e. The summed E-state index contributed by atoms with van der Waals surface area (Å²) in [6.07, 6.45) is -0.0838. The number of H-pyrrole nitrogens is 1. The normalized spacial score (nSPS) is 14.9. The standard InChI is InChI=1S/C56H88N18O13/c1-8-30(4)44(54(87)74(26-29(2)3)27-43(78)79)71-49(82)39(19-13-21-64-56(60)61)68-42(77)25-65-52(85)45(32(6)75)73-53(86)46(33(7)76)72-51(84)41(23-36-24-62-28-66-36)70-50(83)40(22-35-16-11-15-34-14-9-10-17-37(34)35)69-47(80)31(5)67-48(81)38(57)18-12-20-63-55(58)59/h9-11,14-17,24,28-33,38-41,44-46,75-76H,8,12-13,18-23,25-27,57H2,1-7H3,(H,62,66)(H,65,85)(H,67,81)(H,68,77)(H,69,80)(H,70,83)(H,71,82)(H,72,84)(H,73,86)(H,78,79)(H4,58,59,63)(H4,60,61,64)/t30?,31-,32+,33+,38-,39+,40-,41-,44-,45-,46-/m0/s1. The van der Waals surface area contributed by atoms with Crippen molar-refractivity contribution in [1.29, 1.82) is 0 Å². The first-order valence-electron chi connectivity index (χ1n) is 28.6. The average Bonchev–Trinajstić information content (AvgIpc) is 2.83. The number of nitrogens with zero attached hydrogens (tertiary/aromatic N) is 4. The second-order valence-corrected chi connectivity index (χ2v) is 21.6. The summed E-state index contributed by atoms with van der Waals surface area (Å²) in [4.78, 5) is 152. The van der Waals surface area contributed by atoms with Crippen LogP contribution in [0.4, 0.5) is 0 Å². The largest absolute Gasteiger partial charge is 0.480 e. The molecule has 3 rings (SSSR count). The van der Waals surface area contributed by atoms with Crippen LogP contribution >= 0.6 is 0 Å². The molecule has 0 bridgehead atoms. The van der Waals surface area contributed by atoms with Crippen LogP contribution < -0.4 is 71.2 Å². The van der Waals surface area contributed by atoms with Gasteiger partial charge < -0.3 is 96.4 Å². The number of carbonyl (C=O) groups is 10. The minimum absolute atomic E-state index is 0.0365. The monoisotopic (exact) mass is 1220 g/mol. The van der Waals surface area contributed by atoms with E-state index in [0.717, 1.165) is 29.5 Å². The topological polar surface area (TPSA) is 514 Å². The highest BCUT2D eigenvalue weighted by Crippen LogP contribution is 2.21. The van der Waals surface area contributed by atoms with E-state index in [4.69, 9.17) is 28.7 Å². The summed E-state index contributed by atoms with van der Waals surface area (Å²) in [5, 5.41) is 52.9. The maximum Gasteiger partial charge on any atom is 0.323 e. The van der Waals surface area contributed by atoms with Gasteiger partial charge in [0.15, 0.2) is 11.9 Å². The fourth-order valence-electron chi connectivity index (χ4n) is 8.90. The maximum atomic E-state index is 14.6. The number of rotatable bonds is 37. The van der Waals surface area contributed by atoms with Crippen molar-refractivity contribution in [3.8, 4) is 0 Å². The van der Waals surface area contributed by atoms with Crippen molar-refractivity contribution in [2.75, 3.05) is 32.7 Å². The zero-order valence-corrected chi connectivity index (χ0v) is 50.2. The maximum absolute atomic E-state index is 14.6. The van der Waals surface area contributed by atoms with Crippen LogP contribution in [0.2, 0.25) is 0 Å². The number of hydrogen-bond donors (Lipinski definition) is 17. The number of fused-ring (bicyclic) bond motifs is 1. The molecule has 0 aliphatic heterocycles. The Labute approximate surface area is 504 Å². The van der Waals surface area contributed by atoms with Crippen LogP contribution in [0.5, 0.6) is 0 Å². The summed E-state index contributed by atoms with van der Waals surface area (Å²) in [5.41, 5.74) is 28.7. The van der Waals surface area contributed by atoms with Gasteiger partial charge in [-0.1, -0.05) is 76.6 Å². The molecule has 0 saturated heterocycles. The van der Waals surface area contributed by atoms with Gasteiger partial charge in [-0.25, -0.2) is 4.98 Å². The third kappa shape index (κ3) is 24.9. The Kier molecular flexibility index (Phi) is 30.0. The van der Waals surface area contributed by atoms with E-state index < -0.39 is 139 Å². The van der Waals surface area contributed by atoms with Crippen molar-refractivity contribution in [1.82, 2.24) is 57.4 Å². The number of imidazole rings is 1. The SMILES string of the molecule is CCC(C)[C@H](NC(=O)[C@@H](CCCN=C(N)N)NC(=O)CNC(=O)[C@@H](NC(=O)[C@@H](NC(=O)[C@H](Cc1cnc[nH]1)NC(=O)[C@H](Cc1cccc2ccccc12)NC(=O)[C@H](C)NC(=O)[C@@H](N)CCCN=C(N)N)[C@@H](C)O)[C@@H](C)O)C(=O)N(CC(=O)O)CC(C)C. The van der Waals surface area contributed by atoms with Gasteiger partial charge in [0.1, 0.15) is 48.8 Å². The number of benzene rings is 2. The Hall–Kier alpha value is -8.97. The molecule has 31 nitrogen and oxygen atoms in total. The Bertz CT molecular complexity index is 2850. The van der Waals surface area contributed by atoms with Gasteiger partial charge in [0.25, 0.3) is 0 Å². The lowest BCUT2D eigenvalue weighted by molar-refractivity contribution is -0.147. The molecule has 22 N–H and O–H groups in total. The Morgan fingerprint density at radius 3 is 1.77 bits per heavy atom. The number of carboxylic acid groups (broad SMARTS) is 1. The lowest BCUT2D eigenvalue weighted by Crippen LogP contribution is -2.63. The number of hydrogen-bond acceptors (Lipinski definition) is 16. The van der Waals surface area contributed by atoms with Gasteiger partial charge in [-0.2, -0.15) is 0 Å². The zero-order chi connectivity index (χ0) is 65.1. The summed E-state index contributed by atoms with van der Waals surface area (Å²) in [6, 6.07) is 1.19. The first-order valence-corrected chi connectivity index (χ1v) is 28.6. The molecule has 480 valence electrons. The van der Waals surface area contributed by atoms with Crippen LogP contribution in [-0.2, 0) is 60.8 Å². The third-order valence-corrected chi connectivity index (χ3v) is 13.8. The van der Waals surface area contributed by atoms with E-state index in [1.807, 2.05) is 24.3 Å². The summed E-state index contributed by atoms with van der Waals surface area (Å²) < 4.78 is 0. The fourth-order valence-corrected chi connectivity index (χ4v) is 8.90. The second-order valence-electron chi connectivity index (χ2n) is 21.6. The highest BCUT2D eigenvalue weighted by atomic mass is 16.4. The number of aliphatic hydroxyl groups excluding tert-OH is 2. The van der Waals surface area contributed by atoms with E-state index >= 15 is 0 Å². The van der Waals surface area contributed by atoms with Crippen LogP contribution in [0.1, 0.15) is 91.8 Å². The molecule has 1 heterocycles. The second kappa shape index (κ2) is 36.1. The average molecular weight is 1220 g/mol. The van der Waals surface area contributed by atoms with Crippen molar-refractivity contribution >= 4 is 81.8 Å². The van der Waals surface area contributed by atoms with Gasteiger partial charge in [-0.3, -0.25) is 57.9 Å². The van der Waals surface area contributed by atoms with Gasteiger partial charge in [0.2, 0.25) is 53.2 Å². The van der Waals surface area contributed by atoms with Crippen molar-refractivity contribution in [3.63, 3.8) is 0 Å². The number of aliphatic hydroxyl groups is 2. The third-order valence-electron chi connectivity index (χ3n) is 13.8. The number of amides is 9. The van der Waals surface area contributed by atoms with Gasteiger partial charge in [0.05, 0.1) is 31.1 Å². The van der Waals surface area contributed by atoms with E-state index in [-0.39, 0.29) is 69.6 Å². The van der Waals surface area contributed by atoms with Crippen LogP contribution in [0.3, 0.4) is 0 Å². The number of aromatic amines is 1. The molecule has 9 amide bonds. The summed E-state index contributed by atoms with van der Waals surface area (Å²) in [6.45, 7) is 9.60. The molecule has 1 unspecified atom stereocenters. The van der Waals surface area contributed by atoms with Crippen molar-refractivity contribution in [3.05, 3.63) is 66.2 Å². The Morgan fingerprint density at radius 2 is 1.18 bits per heavy atom. The number of nitrogens with two attached hydrogens (primary N) is 5. The number of aliphatic imine (C=N–C) groups is 2. The molecule has 0 saturated carbocycles. The summed E-state index contributed by atoms with van der Waals surface area (Å²) in [7, 11) is 0. The highest BCUT2D eigenvalue weighted by Gasteiger charge is 2.37. The number of nitrogens with one attached hydrogen (secondary N) is 9. The molecule has 87 heavy (non-hydrogen) atoms. The molecule has 3 aromatic rings. The van der Waals surface area contributed by atoms with Gasteiger partial charge >= 0.3 is 5.97 Å². The minimum atomic E-state index is -1.87. The van der Waals surface area contributed by atoms with Crippen molar-refractivity contribution in [2.24, 2.45) is 50.5 Å². The first kappa shape index (κ1) is 72.3. The quantitative estimate of drug-likeness (QED) is 0.0147. The minimum Gasteiger partial charge on any atom is -0.480 e. The summed E-state index contributed by atoms with van der Waals surface area (Å²) in [5.74, 6) is -10.3. The van der Waals surface area contributed by atoms with E-state index in [1.165, 1.54) is 19.4 Å². The summed E-state index contributed by atoms with van der Waals surface area (Å²) >= 11 is 0. The molecular weight excluding hydrogens is 1130 g/mol. The molecular formula is C56H88N18O13. The number of guanidine groups is 2. The predicted octanol–water partition coefficient (Wildman–Crippen LogP) is -4.31. The first-order chi connectivity index (χ1) is 41.0. The van der Waals surface area contributed by atoms with Crippen molar-refractivity contribution < 1.29 is 63.3 Å². The lowest BCUT2D eigenvalue weighted by Gasteiger charge is -2.32. The van der Waals surface area contributed by atoms with E-state index in [2.05, 4.69) is 62.5 Å². The van der Waals surface area contributed by atoms with E-state index in [0.29, 0.717) is 24.1 Å². The van der Waals surface area contributed by atoms with Crippen LogP contribution in [0.15, 0.2) is 65.0 Å². The van der Waals surface area contributed by atoms with Crippen LogP contribution in [-0.4, -0.2) is 195 Å². The number of carbonyl (C=O) groups excluding carboxylic acids is 9. The number of carboxylic acids is 1. The van der Waals surface area contributed by atoms with E-state index in [1.54, 1.807) is 45.9 Å². The Balaban J connectivity index is 1.85. The molecule has 0 fully saturated rings. The van der Waals surface area contributed by atoms with Crippen LogP contribution in [0.25, 0.3) is 10.8 Å². The molecule has 0 aliphatic rings. The molecule has 0 radical (unpaired) electrons. The molecule has 2 aromatic carbocycles. The predicted molar refractivity (Wildman–Crippen MR) is 322 cm³/mol.